The Bertz CT molecular complexity index is 50.8. The summed E-state index contributed by atoms with van der Waals surface area (Å²) >= 11 is 0. The highest BCUT2D eigenvalue weighted by molar-refractivity contribution is 6.04. The molecule has 0 saturated carbocycles. The van der Waals surface area contributed by atoms with E-state index < -0.39 is 0 Å². The Kier molecular flexibility index (Phi) is 2.54. The molecule has 0 aliphatic rings. The van der Waals surface area contributed by atoms with Crippen LogP contribution >= 0.6 is 0 Å². The van der Waals surface area contributed by atoms with Gasteiger partial charge in [-0.1, -0.05) is 0 Å². The first kappa shape index (κ1) is 5.53. The van der Waals surface area contributed by atoms with Crippen LogP contribution < -0.4 is 0 Å². The Morgan fingerprint density at radius 3 is 2.33 bits per heavy atom. The van der Waals surface area contributed by atoms with Crippen molar-refractivity contribution in [3.05, 3.63) is 0 Å². The number of hydrogen-bond acceptors (Lipinski definition) is 2. The van der Waals surface area contributed by atoms with Gasteiger partial charge in [0.25, 0.3) is 0 Å². The molecule has 0 bridgehead atoms. The fraction of sp³-hybridized carbons (Fsp3) is 0.667. The lowest BCUT2D eigenvalue weighted by atomic mass is 10.4. The third-order valence-electron chi connectivity index (χ3n) is 0.346. The fourth-order valence-corrected chi connectivity index (χ4v) is 0.231. The van der Waals surface area contributed by atoms with E-state index in [9.17, 15) is 0 Å². The second-order valence-electron chi connectivity index (χ2n) is 1.22. The van der Waals surface area contributed by atoms with Crippen LogP contribution in [0.25, 0.3) is 0 Å². The lowest BCUT2D eigenvalue weighted by Crippen LogP contribution is -2.02. The van der Waals surface area contributed by atoms with Crippen LogP contribution in [-0.4, -0.2) is 26.2 Å². The highest BCUT2D eigenvalue weighted by Gasteiger charge is 1.67. The SMILES string of the molecule is BN(C)/N=C\C. The van der Waals surface area contributed by atoms with Gasteiger partial charge in [-0.3, -0.25) is 0 Å². The summed E-state index contributed by atoms with van der Waals surface area (Å²) < 4.78 is 0. The molecule has 0 aromatic heterocycles. The molecule has 0 radical (unpaired) electrons. The predicted octanol–water partition coefficient (Wildman–Crippen LogP) is -0.528. The number of hydrazone groups is 1. The zero-order valence-electron chi connectivity index (χ0n) is 4.47. The normalized spacial score (nSPS) is 9.67. The van der Waals surface area contributed by atoms with Crippen LogP contribution in [0, 0.1) is 0 Å². The minimum absolute atomic E-state index is 1.75. The maximum atomic E-state index is 3.83. The summed E-state index contributed by atoms with van der Waals surface area (Å²) in [5.41, 5.74) is 0. The summed E-state index contributed by atoms with van der Waals surface area (Å²) in [5, 5.41) is 3.83. The first-order valence-corrected chi connectivity index (χ1v) is 1.93. The Labute approximate surface area is 39.3 Å². The molecule has 6 heavy (non-hydrogen) atoms. The van der Waals surface area contributed by atoms with Crippen molar-refractivity contribution in [2.45, 2.75) is 6.92 Å². The molecule has 0 heterocycles. The molecule has 3 heteroatoms. The van der Waals surface area contributed by atoms with Crippen molar-refractivity contribution in [3.63, 3.8) is 0 Å². The van der Waals surface area contributed by atoms with E-state index >= 15 is 0 Å². The van der Waals surface area contributed by atoms with E-state index in [0.717, 1.165) is 0 Å². The number of nitrogens with zero attached hydrogens (tertiary/aromatic N) is 2. The molecule has 0 unspecified atom stereocenters. The van der Waals surface area contributed by atoms with Crippen molar-refractivity contribution < 1.29 is 0 Å². The molecule has 0 fully saturated rings. The monoisotopic (exact) mass is 84.1 g/mol. The molecule has 0 aliphatic carbocycles. The van der Waals surface area contributed by atoms with E-state index in [-0.39, 0.29) is 0 Å². The molecule has 0 aromatic rings. The molecule has 0 rings (SSSR count). The van der Waals surface area contributed by atoms with E-state index in [1.54, 1.807) is 11.1 Å². The molecular formula is C3H9BN2. The van der Waals surface area contributed by atoms with Gasteiger partial charge in [0.15, 0.2) is 0 Å². The van der Waals surface area contributed by atoms with Gasteiger partial charge in [-0.2, -0.15) is 0 Å². The van der Waals surface area contributed by atoms with Gasteiger partial charge in [-0.15, -0.1) is 0 Å². The van der Waals surface area contributed by atoms with E-state index in [2.05, 4.69) is 5.10 Å². The zero-order chi connectivity index (χ0) is 4.99. The topological polar surface area (TPSA) is 15.6 Å². The van der Waals surface area contributed by atoms with Crippen LogP contribution in [-0.2, 0) is 0 Å². The van der Waals surface area contributed by atoms with Crippen LogP contribution in [0.4, 0.5) is 0 Å². The number of rotatable bonds is 1. The highest BCUT2D eigenvalue weighted by atomic mass is 15.4. The van der Waals surface area contributed by atoms with Crippen molar-refractivity contribution in [1.82, 2.24) is 4.92 Å². The minimum Gasteiger partial charge on any atom is -0.352 e. The maximum Gasteiger partial charge on any atom is 0.241 e. The summed E-state index contributed by atoms with van der Waals surface area (Å²) in [7, 11) is 3.78. The first-order chi connectivity index (χ1) is 2.77. The molecular weight excluding hydrogens is 74.9 g/mol. The van der Waals surface area contributed by atoms with Crippen LogP contribution in [0.3, 0.4) is 0 Å². The molecule has 2 nitrogen and oxygen atoms in total. The summed E-state index contributed by atoms with van der Waals surface area (Å²) in [6, 6.07) is 0. The average Bonchev–Trinajstić information content (AvgIpc) is 1.35. The fourth-order valence-electron chi connectivity index (χ4n) is 0.231. The van der Waals surface area contributed by atoms with Crippen LogP contribution in [0.2, 0.25) is 0 Å². The van der Waals surface area contributed by atoms with Crippen LogP contribution in [0.1, 0.15) is 6.92 Å². The quantitative estimate of drug-likeness (QED) is 0.237. The van der Waals surface area contributed by atoms with Gasteiger partial charge in [-0.25, -0.2) is 5.10 Å². The summed E-state index contributed by atoms with van der Waals surface area (Å²) in [6.07, 6.45) is 1.75. The van der Waals surface area contributed by atoms with Crippen molar-refractivity contribution >= 4 is 14.2 Å². The van der Waals surface area contributed by atoms with Crippen molar-refractivity contribution in [1.29, 1.82) is 0 Å². The van der Waals surface area contributed by atoms with E-state index in [4.69, 9.17) is 0 Å². The van der Waals surface area contributed by atoms with Crippen molar-refractivity contribution in [3.8, 4) is 0 Å². The third-order valence-corrected chi connectivity index (χ3v) is 0.346. The highest BCUT2D eigenvalue weighted by Crippen LogP contribution is 1.65. The van der Waals surface area contributed by atoms with Crippen LogP contribution in [0.15, 0.2) is 5.10 Å². The van der Waals surface area contributed by atoms with Crippen molar-refractivity contribution in [2.75, 3.05) is 7.05 Å². The van der Waals surface area contributed by atoms with Gasteiger partial charge in [0.2, 0.25) is 7.98 Å². The predicted molar refractivity (Wildman–Crippen MR) is 30.5 cm³/mol. The molecule has 0 amide bonds. The largest absolute Gasteiger partial charge is 0.352 e. The molecule has 0 atom stereocenters. The van der Waals surface area contributed by atoms with Gasteiger partial charge >= 0.3 is 0 Å². The third kappa shape index (κ3) is 3.53. The summed E-state index contributed by atoms with van der Waals surface area (Å²) in [5.74, 6) is 0. The molecule has 34 valence electrons. The minimum atomic E-state index is 1.75. The van der Waals surface area contributed by atoms with Gasteiger partial charge in [0.05, 0.1) is 0 Å². The second-order valence-corrected chi connectivity index (χ2v) is 1.22. The van der Waals surface area contributed by atoms with Gasteiger partial charge < -0.3 is 4.92 Å². The molecule has 0 saturated heterocycles. The Hall–Kier alpha value is -0.465. The number of hydrogen-bond donors (Lipinski definition) is 0. The molecule has 0 aliphatic heterocycles. The standard InChI is InChI=1S/C3H9BN2/c1-3-5-6(2)4/h3H,4H2,1-2H3/b5-3-. The summed E-state index contributed by atoms with van der Waals surface area (Å²) in [6.45, 7) is 1.89. The maximum absolute atomic E-state index is 3.83. The molecule has 0 aromatic carbocycles. The van der Waals surface area contributed by atoms with Crippen molar-refractivity contribution in [2.24, 2.45) is 5.10 Å². The van der Waals surface area contributed by atoms with Gasteiger partial charge in [0, 0.05) is 13.3 Å². The van der Waals surface area contributed by atoms with Gasteiger partial charge in [-0.05, 0) is 6.92 Å². The second kappa shape index (κ2) is 2.76. The van der Waals surface area contributed by atoms with Gasteiger partial charge in [0.1, 0.15) is 0 Å². The Morgan fingerprint density at radius 1 is 1.83 bits per heavy atom. The molecule has 0 spiro atoms. The Balaban J connectivity index is 3.03. The average molecular weight is 83.9 g/mol. The van der Waals surface area contributed by atoms with E-state index in [0.29, 0.717) is 0 Å². The zero-order valence-corrected chi connectivity index (χ0v) is 4.47. The molecule has 0 N–H and O–H groups in total. The lowest BCUT2D eigenvalue weighted by molar-refractivity contribution is 0.596. The first-order valence-electron chi connectivity index (χ1n) is 1.93. The lowest BCUT2D eigenvalue weighted by Gasteiger charge is -1.99. The summed E-state index contributed by atoms with van der Waals surface area (Å²) in [4.78, 5) is 1.75. The van der Waals surface area contributed by atoms with Crippen LogP contribution in [0.5, 0.6) is 0 Å². The van der Waals surface area contributed by atoms with E-state index in [1.807, 2.05) is 22.0 Å². The smallest absolute Gasteiger partial charge is 0.241 e. The Morgan fingerprint density at radius 2 is 2.33 bits per heavy atom. The van der Waals surface area contributed by atoms with E-state index in [1.165, 1.54) is 0 Å².